The van der Waals surface area contributed by atoms with E-state index in [9.17, 15) is 35.1 Å². The average Bonchev–Trinajstić information content (AvgIpc) is 2.99. The van der Waals surface area contributed by atoms with Gasteiger partial charge >= 0.3 is 237 Å². The fourth-order valence-corrected chi connectivity index (χ4v) is 22.1. The monoisotopic (exact) mass is 730 g/mol. The van der Waals surface area contributed by atoms with Crippen LogP contribution < -0.4 is 17.6 Å². The predicted molar refractivity (Wildman–Crippen MR) is 118 cm³/mol. The van der Waals surface area contributed by atoms with Crippen molar-refractivity contribution in [1.82, 2.24) is 0 Å². The summed E-state index contributed by atoms with van der Waals surface area (Å²) in [5, 5.41) is 0. The molecule has 0 unspecified atom stereocenters. The normalized spacial score (nSPS) is 14.5. The second-order valence-corrected chi connectivity index (χ2v) is 18.2. The van der Waals surface area contributed by atoms with E-state index in [4.69, 9.17) is 0 Å². The zero-order valence-electron chi connectivity index (χ0n) is 19.4. The van der Waals surface area contributed by atoms with E-state index in [-0.39, 0.29) is 0 Å². The Labute approximate surface area is 237 Å². The first-order valence-corrected chi connectivity index (χ1v) is 16.7. The molecular formula is C24F16GeS2. The van der Waals surface area contributed by atoms with E-state index in [0.717, 1.165) is 0 Å². The molecule has 1 spiro atoms. The summed E-state index contributed by atoms with van der Waals surface area (Å²) in [5.41, 5.74) is 0. The van der Waals surface area contributed by atoms with E-state index in [2.05, 4.69) is 0 Å². The van der Waals surface area contributed by atoms with Gasteiger partial charge in [0.25, 0.3) is 0 Å². The zero-order chi connectivity index (χ0) is 31.8. The van der Waals surface area contributed by atoms with E-state index >= 15 is 35.1 Å². The molecule has 0 aliphatic carbocycles. The molecule has 19 heteroatoms. The summed E-state index contributed by atoms with van der Waals surface area (Å²) in [5.74, 6) is -43.7. The summed E-state index contributed by atoms with van der Waals surface area (Å²) >= 11 is -9.17. The number of fused-ring (bicyclic) bond motifs is 8. The van der Waals surface area contributed by atoms with E-state index in [0.29, 0.717) is 0 Å². The van der Waals surface area contributed by atoms with Gasteiger partial charge in [0.2, 0.25) is 0 Å². The second-order valence-electron chi connectivity index (χ2n) is 8.79. The first-order valence-electron chi connectivity index (χ1n) is 10.8. The van der Waals surface area contributed by atoms with E-state index in [1.807, 2.05) is 0 Å². The Hall–Kier alpha value is -3.00. The molecule has 2 aliphatic heterocycles. The molecule has 224 valence electrons. The predicted octanol–water partition coefficient (Wildman–Crippen LogP) is 6.22. The first-order chi connectivity index (χ1) is 20.0. The van der Waals surface area contributed by atoms with E-state index in [1.165, 1.54) is 0 Å². The van der Waals surface area contributed by atoms with Crippen LogP contribution in [-0.4, -0.2) is 13.3 Å². The molecule has 6 rings (SSSR count). The van der Waals surface area contributed by atoms with Crippen molar-refractivity contribution in [3.63, 3.8) is 0 Å². The molecule has 0 fully saturated rings. The van der Waals surface area contributed by atoms with Crippen LogP contribution in [0.4, 0.5) is 70.2 Å². The summed E-state index contributed by atoms with van der Waals surface area (Å²) in [6, 6.07) is 0. The van der Waals surface area contributed by atoms with Crippen LogP contribution in [0.25, 0.3) is 0 Å². The molecule has 0 radical (unpaired) electrons. The third kappa shape index (κ3) is 3.42. The van der Waals surface area contributed by atoms with Crippen LogP contribution in [-0.2, 0) is 0 Å². The van der Waals surface area contributed by atoms with E-state index < -0.39 is 167 Å². The molecule has 0 aromatic heterocycles. The summed E-state index contributed by atoms with van der Waals surface area (Å²) in [7, 11) is 0. The summed E-state index contributed by atoms with van der Waals surface area (Å²) in [4.78, 5) is -7.20. The van der Waals surface area contributed by atoms with Gasteiger partial charge in [-0.25, -0.2) is 0 Å². The van der Waals surface area contributed by atoms with Gasteiger partial charge in [-0.1, -0.05) is 0 Å². The van der Waals surface area contributed by atoms with Gasteiger partial charge in [-0.2, -0.15) is 0 Å². The fourth-order valence-electron chi connectivity index (χ4n) is 5.12. The van der Waals surface area contributed by atoms with Crippen LogP contribution >= 0.6 is 23.5 Å². The summed E-state index contributed by atoms with van der Waals surface area (Å²) in [6.45, 7) is 0. The fraction of sp³-hybridized carbons (Fsp3) is 0. The van der Waals surface area contributed by atoms with Crippen LogP contribution in [0.1, 0.15) is 0 Å². The van der Waals surface area contributed by atoms with Crippen molar-refractivity contribution in [1.29, 1.82) is 0 Å². The van der Waals surface area contributed by atoms with Gasteiger partial charge in [0.1, 0.15) is 0 Å². The number of hydrogen-bond acceptors (Lipinski definition) is 2. The summed E-state index contributed by atoms with van der Waals surface area (Å²) in [6.07, 6.45) is 0. The van der Waals surface area contributed by atoms with Gasteiger partial charge in [-0.3, -0.25) is 0 Å². The minimum atomic E-state index is -7.75. The van der Waals surface area contributed by atoms with Gasteiger partial charge in [-0.15, -0.1) is 0 Å². The standard InChI is InChI=1S/C24F16GeS2/c25-1-5(29)13(37)21-17(9(1)33)41(18-10(34)2(26)6(30)14(38)22(18)42-21)19-11(35)3(27)7(31)15(39)23(19)43-24-16(40)8(32)4(28)12(36)20(24)41. The van der Waals surface area contributed by atoms with Gasteiger partial charge in [0, 0.05) is 0 Å². The Morgan fingerprint density at radius 1 is 0.233 bits per heavy atom. The van der Waals surface area contributed by atoms with Gasteiger partial charge in [0.05, 0.1) is 0 Å². The number of halogens is 16. The topological polar surface area (TPSA) is 0 Å². The second kappa shape index (κ2) is 9.50. The number of benzene rings is 4. The van der Waals surface area contributed by atoms with Crippen molar-refractivity contribution in [2.75, 3.05) is 0 Å². The van der Waals surface area contributed by atoms with Crippen LogP contribution in [0.5, 0.6) is 0 Å². The molecule has 0 N–H and O–H groups in total. The molecule has 0 saturated carbocycles. The molecule has 2 heterocycles. The molecule has 43 heavy (non-hydrogen) atoms. The first kappa shape index (κ1) is 30.0. The SMILES string of the molecule is Fc1c(F)c(F)[c]2c(c1F)Sc1c(F)c(F)c(F)c(F)[c]1[Ge]21[c]2c(F)c(F)c(F)c(F)c2Sc2c(F)c(F)c(F)c(F)[c]21. The molecule has 2 aliphatic rings. The van der Waals surface area contributed by atoms with Crippen LogP contribution in [0.15, 0.2) is 19.6 Å². The molecule has 0 nitrogen and oxygen atoms in total. The number of hydrogen-bond donors (Lipinski definition) is 0. The maximum absolute atomic E-state index is 15.8. The molecule has 0 atom stereocenters. The van der Waals surface area contributed by atoms with Gasteiger partial charge in [0.15, 0.2) is 0 Å². The Bertz CT molecular complexity index is 1720. The quantitative estimate of drug-likeness (QED) is 0.0790. The van der Waals surface area contributed by atoms with Gasteiger partial charge < -0.3 is 0 Å². The van der Waals surface area contributed by atoms with Crippen molar-refractivity contribution in [3.05, 3.63) is 93.1 Å². The molecule has 0 bridgehead atoms. The minimum absolute atomic E-state index is 0.710. The number of rotatable bonds is 0. The van der Waals surface area contributed by atoms with Crippen molar-refractivity contribution >= 4 is 54.4 Å². The van der Waals surface area contributed by atoms with E-state index in [1.54, 1.807) is 0 Å². The average molecular weight is 729 g/mol. The van der Waals surface area contributed by atoms with Crippen molar-refractivity contribution in [2.45, 2.75) is 19.6 Å². The molecule has 0 amide bonds. The van der Waals surface area contributed by atoms with Crippen molar-refractivity contribution in [2.24, 2.45) is 0 Å². The molecule has 4 aromatic rings. The van der Waals surface area contributed by atoms with Crippen LogP contribution in [0.2, 0.25) is 0 Å². The van der Waals surface area contributed by atoms with Gasteiger partial charge in [-0.05, 0) is 0 Å². The molecule has 4 aromatic carbocycles. The summed E-state index contributed by atoms with van der Waals surface area (Å²) < 4.78 is 232. The van der Waals surface area contributed by atoms with Crippen LogP contribution in [0.3, 0.4) is 0 Å². The Morgan fingerprint density at radius 3 is 0.581 bits per heavy atom. The molecule has 0 saturated heterocycles. The Kier molecular flexibility index (Phi) is 6.64. The van der Waals surface area contributed by atoms with Crippen molar-refractivity contribution in [3.8, 4) is 0 Å². The Balaban J connectivity index is 2.08. The molecular weight excluding hydrogens is 729 g/mol. The zero-order valence-corrected chi connectivity index (χ0v) is 23.1. The Morgan fingerprint density at radius 2 is 0.395 bits per heavy atom. The third-order valence-corrected chi connectivity index (χ3v) is 20.9. The maximum atomic E-state index is 15.8. The van der Waals surface area contributed by atoms with Crippen molar-refractivity contribution < 1.29 is 70.2 Å². The van der Waals surface area contributed by atoms with Crippen LogP contribution in [0, 0.1) is 93.1 Å². The third-order valence-electron chi connectivity index (χ3n) is 6.80.